The maximum Gasteiger partial charge on any atom is 0.433 e. The topological polar surface area (TPSA) is 89.0 Å². The Kier molecular flexibility index (Phi) is 8.27. The minimum Gasteiger partial charge on any atom is -0.438 e. The molecule has 0 unspecified atom stereocenters. The number of para-hydroxylation sites is 1. The molecule has 1 saturated carbocycles. The van der Waals surface area contributed by atoms with Gasteiger partial charge in [0.1, 0.15) is 17.0 Å². The molecule has 1 amide bonds. The number of hydrogen-bond acceptors (Lipinski definition) is 6. The lowest BCUT2D eigenvalue weighted by molar-refractivity contribution is -0.141. The van der Waals surface area contributed by atoms with Crippen molar-refractivity contribution in [3.05, 3.63) is 72.2 Å². The van der Waals surface area contributed by atoms with Crippen LogP contribution in [-0.2, 0) is 6.18 Å². The van der Waals surface area contributed by atoms with Gasteiger partial charge in [0.25, 0.3) is 5.91 Å². The predicted octanol–water partition coefficient (Wildman–Crippen LogP) is 5.26. The van der Waals surface area contributed by atoms with Gasteiger partial charge in [-0.25, -0.2) is 15.0 Å². The summed E-state index contributed by atoms with van der Waals surface area (Å²) in [4.78, 5) is 24.5. The van der Waals surface area contributed by atoms with Gasteiger partial charge in [-0.3, -0.25) is 4.79 Å². The standard InChI is InChI=1S/C23H22F3N5O2.ClH/c24-23(25,26)19-12-14-28-22(31-19)30-16-10-8-15(9-11-16)29-20(32)18-7-4-13-27-21(18)33-17-5-2-1-3-6-17;/h1-7,12-16H,8-11H2,(H,29,32)(H,28,30,31);1H/t15-,16+;. The number of pyridine rings is 1. The number of aromatic nitrogens is 3. The highest BCUT2D eigenvalue weighted by Crippen LogP contribution is 2.29. The second-order valence-corrected chi connectivity index (χ2v) is 7.70. The maximum absolute atomic E-state index is 12.9. The molecule has 0 atom stereocenters. The van der Waals surface area contributed by atoms with Gasteiger partial charge in [0.15, 0.2) is 0 Å². The molecule has 2 heterocycles. The first-order valence-corrected chi connectivity index (χ1v) is 10.5. The summed E-state index contributed by atoms with van der Waals surface area (Å²) in [5.74, 6) is 0.467. The second kappa shape index (κ2) is 11.1. The van der Waals surface area contributed by atoms with Gasteiger partial charge in [-0.2, -0.15) is 13.2 Å². The summed E-state index contributed by atoms with van der Waals surface area (Å²) >= 11 is 0. The molecule has 180 valence electrons. The van der Waals surface area contributed by atoms with E-state index in [1.54, 1.807) is 30.5 Å². The zero-order valence-corrected chi connectivity index (χ0v) is 18.8. The Bertz CT molecular complexity index is 1090. The number of anilines is 1. The number of amides is 1. The van der Waals surface area contributed by atoms with Gasteiger partial charge in [0.05, 0.1) is 0 Å². The third-order valence-corrected chi connectivity index (χ3v) is 5.32. The number of rotatable bonds is 6. The molecule has 11 heteroatoms. The van der Waals surface area contributed by atoms with Crippen LogP contribution in [0.5, 0.6) is 11.6 Å². The van der Waals surface area contributed by atoms with Gasteiger partial charge in [-0.05, 0) is 56.0 Å². The third-order valence-electron chi connectivity index (χ3n) is 5.32. The summed E-state index contributed by atoms with van der Waals surface area (Å²) in [6.45, 7) is 0. The lowest BCUT2D eigenvalue weighted by Gasteiger charge is -2.29. The minimum atomic E-state index is -4.52. The Hall–Kier alpha value is -3.40. The molecule has 3 aromatic rings. The summed E-state index contributed by atoms with van der Waals surface area (Å²) < 4.78 is 44.3. The van der Waals surface area contributed by atoms with E-state index >= 15 is 0 Å². The molecule has 0 saturated heterocycles. The number of nitrogens with one attached hydrogen (secondary N) is 2. The van der Waals surface area contributed by atoms with Gasteiger partial charge < -0.3 is 15.4 Å². The van der Waals surface area contributed by atoms with E-state index in [0.29, 0.717) is 37.0 Å². The van der Waals surface area contributed by atoms with E-state index in [4.69, 9.17) is 4.74 Å². The van der Waals surface area contributed by atoms with Crippen LogP contribution >= 0.6 is 12.4 Å². The molecule has 0 spiro atoms. The molecular weight excluding hydrogens is 471 g/mol. The predicted molar refractivity (Wildman–Crippen MR) is 122 cm³/mol. The van der Waals surface area contributed by atoms with Crippen LogP contribution in [0.15, 0.2) is 60.9 Å². The summed E-state index contributed by atoms with van der Waals surface area (Å²) in [7, 11) is 0. The number of ether oxygens (including phenoxy) is 1. The fourth-order valence-electron chi connectivity index (χ4n) is 3.66. The second-order valence-electron chi connectivity index (χ2n) is 7.70. The molecule has 2 N–H and O–H groups in total. The lowest BCUT2D eigenvalue weighted by Crippen LogP contribution is -2.40. The van der Waals surface area contributed by atoms with Gasteiger partial charge in [0, 0.05) is 24.5 Å². The average Bonchev–Trinajstić information content (AvgIpc) is 2.81. The van der Waals surface area contributed by atoms with E-state index in [-0.39, 0.29) is 42.2 Å². The van der Waals surface area contributed by atoms with Gasteiger partial charge in [-0.1, -0.05) is 18.2 Å². The highest BCUT2D eigenvalue weighted by Gasteiger charge is 2.33. The SMILES string of the molecule is Cl.O=C(N[C@H]1CC[C@@H](Nc2nccc(C(F)(F)F)n2)CC1)c1cccnc1Oc1ccccc1. The van der Waals surface area contributed by atoms with Crippen molar-refractivity contribution in [1.29, 1.82) is 0 Å². The number of halogens is 4. The first kappa shape index (κ1) is 25.2. The van der Waals surface area contributed by atoms with Crippen LogP contribution in [0.2, 0.25) is 0 Å². The molecule has 1 aromatic carbocycles. The molecule has 34 heavy (non-hydrogen) atoms. The van der Waals surface area contributed by atoms with E-state index in [1.807, 2.05) is 18.2 Å². The van der Waals surface area contributed by atoms with Crippen LogP contribution in [0, 0.1) is 0 Å². The van der Waals surface area contributed by atoms with Crippen LogP contribution < -0.4 is 15.4 Å². The molecule has 0 aliphatic heterocycles. The van der Waals surface area contributed by atoms with E-state index < -0.39 is 11.9 Å². The van der Waals surface area contributed by atoms with E-state index in [2.05, 4.69) is 25.6 Å². The normalized spacial score (nSPS) is 17.9. The number of alkyl halides is 3. The van der Waals surface area contributed by atoms with Gasteiger partial charge in [-0.15, -0.1) is 12.4 Å². The highest BCUT2D eigenvalue weighted by atomic mass is 35.5. The van der Waals surface area contributed by atoms with Gasteiger partial charge in [0.2, 0.25) is 11.8 Å². The third kappa shape index (κ3) is 6.57. The minimum absolute atomic E-state index is 0. The zero-order valence-electron chi connectivity index (χ0n) is 18.0. The molecule has 4 rings (SSSR count). The first-order valence-electron chi connectivity index (χ1n) is 10.5. The average molecular weight is 494 g/mol. The van der Waals surface area contributed by atoms with Crippen molar-refractivity contribution in [3.8, 4) is 11.6 Å². The van der Waals surface area contributed by atoms with Gasteiger partial charge >= 0.3 is 6.18 Å². The largest absolute Gasteiger partial charge is 0.438 e. The maximum atomic E-state index is 12.9. The molecule has 0 radical (unpaired) electrons. The van der Waals surface area contributed by atoms with Crippen molar-refractivity contribution >= 4 is 24.3 Å². The fourth-order valence-corrected chi connectivity index (χ4v) is 3.66. The molecule has 1 aliphatic rings. The van der Waals surface area contributed by atoms with E-state index in [0.717, 1.165) is 12.3 Å². The quantitative estimate of drug-likeness (QED) is 0.487. The molecule has 7 nitrogen and oxygen atoms in total. The van der Waals surface area contributed by atoms with Crippen molar-refractivity contribution in [3.63, 3.8) is 0 Å². The number of benzene rings is 1. The fraction of sp³-hybridized carbons (Fsp3) is 0.304. The monoisotopic (exact) mass is 493 g/mol. The summed E-state index contributed by atoms with van der Waals surface area (Å²) in [6.07, 6.45) is 0.774. The Balaban J connectivity index is 0.00000324. The van der Waals surface area contributed by atoms with Crippen LogP contribution in [-0.4, -0.2) is 32.9 Å². The van der Waals surface area contributed by atoms with Crippen LogP contribution in [0.1, 0.15) is 41.7 Å². The smallest absolute Gasteiger partial charge is 0.433 e. The van der Waals surface area contributed by atoms with Crippen molar-refractivity contribution in [1.82, 2.24) is 20.3 Å². The first-order chi connectivity index (χ1) is 15.9. The van der Waals surface area contributed by atoms with E-state index in [9.17, 15) is 18.0 Å². The van der Waals surface area contributed by atoms with Crippen molar-refractivity contribution in [2.45, 2.75) is 43.9 Å². The lowest BCUT2D eigenvalue weighted by atomic mass is 9.91. The number of hydrogen-bond donors (Lipinski definition) is 2. The van der Waals surface area contributed by atoms with Crippen molar-refractivity contribution < 1.29 is 22.7 Å². The Morgan fingerprint density at radius 1 is 0.912 bits per heavy atom. The number of carbonyl (C=O) groups excluding carboxylic acids is 1. The van der Waals surface area contributed by atoms with Crippen molar-refractivity contribution in [2.24, 2.45) is 0 Å². The van der Waals surface area contributed by atoms with Crippen molar-refractivity contribution in [2.75, 3.05) is 5.32 Å². The van der Waals surface area contributed by atoms with Crippen LogP contribution in [0.3, 0.4) is 0 Å². The highest BCUT2D eigenvalue weighted by molar-refractivity contribution is 5.96. The number of carbonyl (C=O) groups is 1. The molecule has 0 bridgehead atoms. The Morgan fingerprint density at radius 3 is 2.32 bits per heavy atom. The van der Waals surface area contributed by atoms with Crippen LogP contribution in [0.25, 0.3) is 0 Å². The molecule has 1 aliphatic carbocycles. The molecule has 2 aromatic heterocycles. The molecule has 1 fully saturated rings. The summed E-state index contributed by atoms with van der Waals surface area (Å²) in [6, 6.07) is 13.1. The van der Waals surface area contributed by atoms with E-state index in [1.165, 1.54) is 0 Å². The summed E-state index contributed by atoms with van der Waals surface area (Å²) in [5, 5.41) is 5.98. The molecular formula is C23H23ClF3N5O2. The Labute approximate surface area is 200 Å². The summed E-state index contributed by atoms with van der Waals surface area (Å²) in [5.41, 5.74) is -0.648. The Morgan fingerprint density at radius 2 is 1.62 bits per heavy atom. The number of nitrogens with zero attached hydrogens (tertiary/aromatic N) is 3. The van der Waals surface area contributed by atoms with Crippen LogP contribution in [0.4, 0.5) is 19.1 Å². The zero-order chi connectivity index (χ0) is 23.3.